The fourth-order valence-electron chi connectivity index (χ4n) is 4.21. The minimum absolute atomic E-state index is 0.115. The first-order valence-electron chi connectivity index (χ1n) is 12.1. The van der Waals surface area contributed by atoms with Gasteiger partial charge in [0.15, 0.2) is 0 Å². The molecule has 0 radical (unpaired) electrons. The SMILES string of the molecule is CC(C)c1ccc(Cn2c(CCCCCNC(=O)c3ccccc3Cl)nc3ccccc32)cc1. The Bertz CT molecular complexity index is 1240. The monoisotopic (exact) mass is 473 g/mol. The van der Waals surface area contributed by atoms with Crippen LogP contribution in [-0.4, -0.2) is 22.0 Å². The van der Waals surface area contributed by atoms with Crippen LogP contribution in [0.25, 0.3) is 11.0 Å². The van der Waals surface area contributed by atoms with Crippen molar-refractivity contribution in [2.75, 3.05) is 6.54 Å². The molecule has 0 aliphatic heterocycles. The Morgan fingerprint density at radius 2 is 1.68 bits per heavy atom. The van der Waals surface area contributed by atoms with Crippen LogP contribution in [0.3, 0.4) is 0 Å². The molecule has 1 heterocycles. The summed E-state index contributed by atoms with van der Waals surface area (Å²) in [4.78, 5) is 17.2. The molecule has 0 aliphatic rings. The summed E-state index contributed by atoms with van der Waals surface area (Å²) in [6.07, 6.45) is 3.89. The molecule has 1 N–H and O–H groups in total. The summed E-state index contributed by atoms with van der Waals surface area (Å²) in [5.74, 6) is 1.54. The van der Waals surface area contributed by atoms with E-state index in [1.54, 1.807) is 12.1 Å². The number of benzene rings is 3. The number of imidazole rings is 1. The zero-order chi connectivity index (χ0) is 23.9. The van der Waals surface area contributed by atoms with E-state index in [0.717, 1.165) is 43.6 Å². The number of amides is 1. The van der Waals surface area contributed by atoms with E-state index in [0.29, 0.717) is 23.0 Å². The number of aromatic nitrogens is 2. The molecule has 4 aromatic rings. The average molecular weight is 474 g/mol. The average Bonchev–Trinajstić information content (AvgIpc) is 3.19. The Morgan fingerprint density at radius 1 is 0.941 bits per heavy atom. The van der Waals surface area contributed by atoms with Gasteiger partial charge in [0.25, 0.3) is 5.91 Å². The van der Waals surface area contributed by atoms with Gasteiger partial charge in [0, 0.05) is 19.5 Å². The van der Waals surface area contributed by atoms with Crippen molar-refractivity contribution in [1.82, 2.24) is 14.9 Å². The van der Waals surface area contributed by atoms with Crippen molar-refractivity contribution in [3.8, 4) is 0 Å². The van der Waals surface area contributed by atoms with Crippen LogP contribution in [0.1, 0.15) is 66.3 Å². The standard InChI is InChI=1S/C29H32ClN3O/c1-21(2)23-17-15-22(16-18-23)20-33-27-13-8-7-12-26(27)32-28(33)14-4-3-9-19-31-29(34)24-10-5-6-11-25(24)30/h5-8,10-13,15-18,21H,3-4,9,14,19-20H2,1-2H3,(H,31,34). The molecular weight excluding hydrogens is 442 g/mol. The Labute approximate surface area is 207 Å². The highest BCUT2D eigenvalue weighted by Gasteiger charge is 2.12. The number of rotatable bonds is 10. The van der Waals surface area contributed by atoms with Gasteiger partial charge in [-0.25, -0.2) is 4.98 Å². The molecule has 0 spiro atoms. The van der Waals surface area contributed by atoms with Crippen LogP contribution in [0.4, 0.5) is 0 Å². The Kier molecular flexibility index (Phi) is 8.02. The summed E-state index contributed by atoms with van der Waals surface area (Å²) < 4.78 is 2.35. The second-order valence-corrected chi connectivity index (χ2v) is 9.45. The van der Waals surface area contributed by atoms with Crippen molar-refractivity contribution in [3.05, 3.63) is 100 Å². The number of hydrogen-bond donors (Lipinski definition) is 1. The fraction of sp³-hybridized carbons (Fsp3) is 0.310. The van der Waals surface area contributed by atoms with Crippen molar-refractivity contribution < 1.29 is 4.79 Å². The van der Waals surface area contributed by atoms with Crippen LogP contribution in [0.2, 0.25) is 5.02 Å². The lowest BCUT2D eigenvalue weighted by atomic mass is 10.0. The van der Waals surface area contributed by atoms with Gasteiger partial charge in [0.1, 0.15) is 5.82 Å². The van der Waals surface area contributed by atoms with Gasteiger partial charge < -0.3 is 9.88 Å². The smallest absolute Gasteiger partial charge is 0.252 e. The Hall–Kier alpha value is -3.11. The van der Waals surface area contributed by atoms with E-state index in [-0.39, 0.29) is 5.91 Å². The molecule has 176 valence electrons. The predicted octanol–water partition coefficient (Wildman–Crippen LogP) is 7.00. The third-order valence-electron chi connectivity index (χ3n) is 6.20. The number of aryl methyl sites for hydroxylation is 1. The summed E-state index contributed by atoms with van der Waals surface area (Å²) in [5.41, 5.74) is 5.40. The summed E-state index contributed by atoms with van der Waals surface area (Å²) in [5, 5.41) is 3.46. The highest BCUT2D eigenvalue weighted by atomic mass is 35.5. The zero-order valence-corrected chi connectivity index (χ0v) is 20.7. The van der Waals surface area contributed by atoms with E-state index in [2.05, 4.69) is 66.2 Å². The van der Waals surface area contributed by atoms with Crippen LogP contribution < -0.4 is 5.32 Å². The van der Waals surface area contributed by atoms with E-state index in [9.17, 15) is 4.79 Å². The summed E-state index contributed by atoms with van der Waals surface area (Å²) in [6, 6.07) is 24.4. The van der Waals surface area contributed by atoms with Crippen molar-refractivity contribution >= 4 is 28.5 Å². The largest absolute Gasteiger partial charge is 0.352 e. The minimum Gasteiger partial charge on any atom is -0.352 e. The Balaban J connectivity index is 1.34. The van der Waals surface area contributed by atoms with Crippen molar-refractivity contribution in [2.24, 2.45) is 0 Å². The number of nitrogens with zero attached hydrogens (tertiary/aromatic N) is 2. The lowest BCUT2D eigenvalue weighted by Crippen LogP contribution is -2.24. The first-order valence-corrected chi connectivity index (χ1v) is 12.5. The van der Waals surface area contributed by atoms with E-state index in [4.69, 9.17) is 16.6 Å². The van der Waals surface area contributed by atoms with Gasteiger partial charge in [0.2, 0.25) is 0 Å². The second-order valence-electron chi connectivity index (χ2n) is 9.05. The van der Waals surface area contributed by atoms with E-state index in [1.807, 2.05) is 18.2 Å². The molecule has 0 atom stereocenters. The van der Waals surface area contributed by atoms with Crippen molar-refractivity contribution in [2.45, 2.75) is 52.0 Å². The number of para-hydroxylation sites is 2. The molecule has 4 rings (SSSR count). The number of carbonyl (C=O) groups is 1. The molecule has 0 unspecified atom stereocenters. The third-order valence-corrected chi connectivity index (χ3v) is 6.53. The highest BCUT2D eigenvalue weighted by Crippen LogP contribution is 2.21. The first-order chi connectivity index (χ1) is 16.5. The first kappa shape index (κ1) is 24.0. The molecule has 0 fully saturated rings. The van der Waals surface area contributed by atoms with Crippen LogP contribution in [0.15, 0.2) is 72.8 Å². The van der Waals surface area contributed by atoms with Gasteiger partial charge in [-0.15, -0.1) is 0 Å². The molecule has 0 bridgehead atoms. The van der Waals surface area contributed by atoms with Crippen LogP contribution in [0.5, 0.6) is 0 Å². The maximum absolute atomic E-state index is 12.3. The van der Waals surface area contributed by atoms with Crippen molar-refractivity contribution in [3.63, 3.8) is 0 Å². The van der Waals surface area contributed by atoms with Gasteiger partial charge >= 0.3 is 0 Å². The normalized spacial score (nSPS) is 11.3. The maximum Gasteiger partial charge on any atom is 0.252 e. The van der Waals surface area contributed by atoms with Crippen molar-refractivity contribution in [1.29, 1.82) is 0 Å². The Morgan fingerprint density at radius 3 is 2.44 bits per heavy atom. The summed E-state index contributed by atoms with van der Waals surface area (Å²) in [7, 11) is 0. The van der Waals surface area contributed by atoms with Crippen LogP contribution >= 0.6 is 11.6 Å². The van der Waals surface area contributed by atoms with E-state index in [1.165, 1.54) is 16.6 Å². The molecule has 0 saturated heterocycles. The van der Waals surface area contributed by atoms with Crippen LogP contribution in [-0.2, 0) is 13.0 Å². The topological polar surface area (TPSA) is 46.9 Å². The quantitative estimate of drug-likeness (QED) is 0.252. The van der Waals surface area contributed by atoms with Gasteiger partial charge in [-0.2, -0.15) is 0 Å². The van der Waals surface area contributed by atoms with Crippen LogP contribution in [0, 0.1) is 0 Å². The molecule has 1 aromatic heterocycles. The molecule has 5 heteroatoms. The fourth-order valence-corrected chi connectivity index (χ4v) is 4.43. The van der Waals surface area contributed by atoms with E-state index >= 15 is 0 Å². The summed E-state index contributed by atoms with van der Waals surface area (Å²) >= 11 is 6.11. The summed E-state index contributed by atoms with van der Waals surface area (Å²) in [6.45, 7) is 5.90. The van der Waals surface area contributed by atoms with Gasteiger partial charge in [-0.3, -0.25) is 4.79 Å². The number of halogens is 1. The zero-order valence-electron chi connectivity index (χ0n) is 19.9. The molecule has 1 amide bonds. The highest BCUT2D eigenvalue weighted by molar-refractivity contribution is 6.33. The number of unbranched alkanes of at least 4 members (excludes halogenated alkanes) is 2. The number of carbonyl (C=O) groups excluding carboxylic acids is 1. The molecule has 34 heavy (non-hydrogen) atoms. The van der Waals surface area contributed by atoms with Gasteiger partial charge in [0.05, 0.1) is 21.6 Å². The van der Waals surface area contributed by atoms with E-state index < -0.39 is 0 Å². The third kappa shape index (κ3) is 5.87. The maximum atomic E-state index is 12.3. The molecule has 0 aliphatic carbocycles. The number of nitrogens with one attached hydrogen (secondary N) is 1. The molecule has 0 saturated carbocycles. The molecular formula is C29H32ClN3O. The number of fused-ring (bicyclic) bond motifs is 1. The lowest BCUT2D eigenvalue weighted by molar-refractivity contribution is 0.0953. The van der Waals surface area contributed by atoms with Gasteiger partial charge in [-0.1, -0.05) is 80.4 Å². The molecule has 4 nitrogen and oxygen atoms in total. The number of hydrogen-bond acceptors (Lipinski definition) is 2. The predicted molar refractivity (Wildman–Crippen MR) is 141 cm³/mol. The lowest BCUT2D eigenvalue weighted by Gasteiger charge is -2.11. The second kappa shape index (κ2) is 11.3. The molecule has 3 aromatic carbocycles. The minimum atomic E-state index is -0.115. The van der Waals surface area contributed by atoms with Gasteiger partial charge in [-0.05, 0) is 54.2 Å².